The van der Waals surface area contributed by atoms with Gasteiger partial charge in [0.05, 0.1) is 11.8 Å². The molecule has 0 bridgehead atoms. The normalized spacial score (nSPS) is 15.3. The number of rotatable bonds is 5. The molecule has 8 heteroatoms. The van der Waals surface area contributed by atoms with E-state index in [4.69, 9.17) is 0 Å². The highest BCUT2D eigenvalue weighted by Gasteiger charge is 2.21. The summed E-state index contributed by atoms with van der Waals surface area (Å²) in [5.74, 6) is -0.0245. The van der Waals surface area contributed by atoms with Crippen LogP contribution in [0.15, 0.2) is 47.1 Å². The largest absolute Gasteiger partial charge is 0.339 e. The van der Waals surface area contributed by atoms with Crippen LogP contribution < -0.4 is 5.56 Å². The molecule has 0 N–H and O–H groups in total. The van der Waals surface area contributed by atoms with Crippen molar-refractivity contribution in [3.8, 4) is 0 Å². The van der Waals surface area contributed by atoms with Crippen molar-refractivity contribution in [2.45, 2.75) is 13.0 Å². The topological polar surface area (TPSA) is 71.3 Å². The van der Waals surface area contributed by atoms with E-state index in [1.165, 1.54) is 27.8 Å². The minimum absolute atomic E-state index is 0.0245. The lowest BCUT2D eigenvalue weighted by atomic mass is 10.2. The van der Waals surface area contributed by atoms with Gasteiger partial charge in [-0.1, -0.05) is 0 Å². The molecule has 0 aliphatic carbocycles. The van der Waals surface area contributed by atoms with Crippen molar-refractivity contribution in [1.82, 2.24) is 24.3 Å². The third kappa shape index (κ3) is 4.06. The molecule has 1 amide bonds. The molecule has 0 spiro atoms. The monoisotopic (exact) mass is 383 g/mol. The van der Waals surface area contributed by atoms with Gasteiger partial charge in [0, 0.05) is 45.1 Å². The second-order valence-electron chi connectivity index (χ2n) is 6.64. The summed E-state index contributed by atoms with van der Waals surface area (Å²) in [6.07, 6.45) is 6.09. The lowest BCUT2D eigenvalue weighted by Gasteiger charge is -2.34. The van der Waals surface area contributed by atoms with E-state index >= 15 is 0 Å². The lowest BCUT2D eigenvalue weighted by Crippen LogP contribution is -2.50. The van der Waals surface area contributed by atoms with Gasteiger partial charge in [0.2, 0.25) is 5.91 Å². The number of thiophene rings is 1. The third-order valence-electron chi connectivity index (χ3n) is 4.93. The number of pyridine rings is 1. The van der Waals surface area contributed by atoms with Crippen molar-refractivity contribution in [2.24, 2.45) is 0 Å². The zero-order valence-corrected chi connectivity index (χ0v) is 15.8. The first-order valence-corrected chi connectivity index (χ1v) is 9.90. The number of carbonyl (C=O) groups excluding carboxylic acids is 1. The number of fused-ring (bicyclic) bond motifs is 1. The standard InChI is InChI=1S/C19H21N5O2S/c25-17(13-24-14-21-16-4-12-27-18(16)19(24)26)23-10-8-22(9-11-23)7-3-15-1-5-20-6-2-15/h1-2,4-6,12,14H,3,7-11,13H2. The molecule has 27 heavy (non-hydrogen) atoms. The van der Waals surface area contributed by atoms with Crippen molar-refractivity contribution in [2.75, 3.05) is 32.7 Å². The maximum atomic E-state index is 12.6. The van der Waals surface area contributed by atoms with Crippen LogP contribution in [0, 0.1) is 0 Å². The zero-order chi connectivity index (χ0) is 18.6. The van der Waals surface area contributed by atoms with Crippen LogP contribution in [0.2, 0.25) is 0 Å². The summed E-state index contributed by atoms with van der Waals surface area (Å²) in [5, 5.41) is 1.84. The van der Waals surface area contributed by atoms with Crippen LogP contribution in [0.25, 0.3) is 10.2 Å². The first kappa shape index (κ1) is 17.8. The molecule has 0 radical (unpaired) electrons. The second-order valence-corrected chi connectivity index (χ2v) is 7.56. The summed E-state index contributed by atoms with van der Waals surface area (Å²) in [6.45, 7) is 4.13. The quantitative estimate of drug-likeness (QED) is 0.663. The fraction of sp³-hybridized carbons (Fsp3) is 0.368. The Hall–Kier alpha value is -2.58. The van der Waals surface area contributed by atoms with E-state index in [2.05, 4.69) is 14.9 Å². The fourth-order valence-electron chi connectivity index (χ4n) is 3.29. The molecule has 3 aromatic heterocycles. The predicted octanol–water partition coefficient (Wildman–Crippen LogP) is 1.24. The van der Waals surface area contributed by atoms with Crippen molar-refractivity contribution in [1.29, 1.82) is 0 Å². The summed E-state index contributed by atoms with van der Waals surface area (Å²) in [5.41, 5.74) is 1.83. The summed E-state index contributed by atoms with van der Waals surface area (Å²) >= 11 is 1.36. The van der Waals surface area contributed by atoms with Gasteiger partial charge in [0.1, 0.15) is 11.2 Å². The number of nitrogens with zero attached hydrogens (tertiary/aromatic N) is 5. The van der Waals surface area contributed by atoms with Gasteiger partial charge in [-0.05, 0) is 35.6 Å². The Kier molecular flexibility index (Phi) is 5.26. The predicted molar refractivity (Wildman–Crippen MR) is 105 cm³/mol. The van der Waals surface area contributed by atoms with Gasteiger partial charge >= 0.3 is 0 Å². The van der Waals surface area contributed by atoms with E-state index in [0.717, 1.165) is 26.1 Å². The van der Waals surface area contributed by atoms with Crippen molar-refractivity contribution in [3.05, 3.63) is 58.2 Å². The van der Waals surface area contributed by atoms with Crippen LogP contribution in [0.5, 0.6) is 0 Å². The number of aromatic nitrogens is 3. The minimum Gasteiger partial charge on any atom is -0.339 e. The maximum absolute atomic E-state index is 12.6. The summed E-state index contributed by atoms with van der Waals surface area (Å²) < 4.78 is 2.02. The summed E-state index contributed by atoms with van der Waals surface area (Å²) in [7, 11) is 0. The molecule has 140 valence electrons. The van der Waals surface area contributed by atoms with E-state index in [1.807, 2.05) is 40.9 Å². The summed E-state index contributed by atoms with van der Waals surface area (Å²) in [4.78, 5) is 37.5. The van der Waals surface area contributed by atoms with Crippen LogP contribution >= 0.6 is 11.3 Å². The number of amides is 1. The van der Waals surface area contributed by atoms with Crippen molar-refractivity contribution in [3.63, 3.8) is 0 Å². The Bertz CT molecular complexity index is 976. The Morgan fingerprint density at radius 2 is 1.89 bits per heavy atom. The number of hydrogen-bond acceptors (Lipinski definition) is 6. The molecule has 0 unspecified atom stereocenters. The lowest BCUT2D eigenvalue weighted by molar-refractivity contribution is -0.133. The highest BCUT2D eigenvalue weighted by molar-refractivity contribution is 7.17. The molecule has 1 saturated heterocycles. The number of hydrogen-bond donors (Lipinski definition) is 0. The fourth-order valence-corrected chi connectivity index (χ4v) is 4.09. The Labute approximate surface area is 160 Å². The Morgan fingerprint density at radius 3 is 2.67 bits per heavy atom. The van der Waals surface area contributed by atoms with Gasteiger partial charge in [-0.15, -0.1) is 11.3 Å². The molecule has 1 aliphatic heterocycles. The Balaban J connectivity index is 1.30. The molecule has 0 saturated carbocycles. The van der Waals surface area contributed by atoms with Gasteiger partial charge in [-0.25, -0.2) is 4.98 Å². The summed E-state index contributed by atoms with van der Waals surface area (Å²) in [6, 6.07) is 5.89. The second kappa shape index (κ2) is 7.98. The molecular formula is C19H21N5O2S. The van der Waals surface area contributed by atoms with E-state index in [0.29, 0.717) is 23.3 Å². The van der Waals surface area contributed by atoms with Gasteiger partial charge in [-0.2, -0.15) is 0 Å². The molecule has 7 nitrogen and oxygen atoms in total. The highest BCUT2D eigenvalue weighted by atomic mass is 32.1. The highest BCUT2D eigenvalue weighted by Crippen LogP contribution is 2.13. The molecule has 3 aromatic rings. The van der Waals surface area contributed by atoms with Crippen LogP contribution in [-0.4, -0.2) is 63.0 Å². The van der Waals surface area contributed by atoms with Gasteiger partial charge in [-0.3, -0.25) is 24.0 Å². The van der Waals surface area contributed by atoms with Crippen LogP contribution in [0.4, 0.5) is 0 Å². The van der Waals surface area contributed by atoms with Gasteiger partial charge in [0.25, 0.3) is 5.56 Å². The molecule has 1 fully saturated rings. The smallest absolute Gasteiger partial charge is 0.271 e. The van der Waals surface area contributed by atoms with E-state index < -0.39 is 0 Å². The minimum atomic E-state index is -0.140. The van der Waals surface area contributed by atoms with Crippen LogP contribution in [-0.2, 0) is 17.8 Å². The first-order valence-electron chi connectivity index (χ1n) is 9.02. The third-order valence-corrected chi connectivity index (χ3v) is 5.82. The number of carbonyl (C=O) groups is 1. The SMILES string of the molecule is O=C(Cn1cnc2ccsc2c1=O)N1CCN(CCc2ccncc2)CC1. The van der Waals surface area contributed by atoms with E-state index in [9.17, 15) is 9.59 Å². The average Bonchev–Trinajstić information content (AvgIpc) is 3.19. The maximum Gasteiger partial charge on any atom is 0.271 e. The van der Waals surface area contributed by atoms with Crippen molar-refractivity contribution < 1.29 is 4.79 Å². The van der Waals surface area contributed by atoms with Crippen LogP contribution in [0.3, 0.4) is 0 Å². The van der Waals surface area contributed by atoms with Gasteiger partial charge < -0.3 is 4.90 Å². The first-order chi connectivity index (χ1) is 13.2. The molecular weight excluding hydrogens is 362 g/mol. The molecule has 4 rings (SSSR count). The number of piperazine rings is 1. The molecule has 4 heterocycles. The van der Waals surface area contributed by atoms with E-state index in [1.54, 1.807) is 0 Å². The zero-order valence-electron chi connectivity index (χ0n) is 15.0. The van der Waals surface area contributed by atoms with Crippen LogP contribution in [0.1, 0.15) is 5.56 Å². The average molecular weight is 383 g/mol. The molecule has 0 aromatic carbocycles. The molecule has 1 aliphatic rings. The molecule has 0 atom stereocenters. The van der Waals surface area contributed by atoms with E-state index in [-0.39, 0.29) is 18.0 Å². The Morgan fingerprint density at radius 1 is 1.11 bits per heavy atom. The van der Waals surface area contributed by atoms with Gasteiger partial charge in [0.15, 0.2) is 0 Å². The van der Waals surface area contributed by atoms with Crippen molar-refractivity contribution >= 4 is 27.5 Å².